The van der Waals surface area contributed by atoms with Gasteiger partial charge in [-0.3, -0.25) is 9.59 Å². The Hall–Kier alpha value is -2.81. The number of hydrogen-bond acceptors (Lipinski definition) is 6. The molecular formula is C20H24N5O3S+. The van der Waals surface area contributed by atoms with Gasteiger partial charge in [-0.15, -0.1) is 0 Å². The topological polar surface area (TPSA) is 94.2 Å². The molecule has 29 heavy (non-hydrogen) atoms. The second-order valence-corrected chi connectivity index (χ2v) is 8.31. The number of hydrogen-bond donors (Lipinski definition) is 1. The lowest BCUT2D eigenvalue weighted by Gasteiger charge is -2.26. The van der Waals surface area contributed by atoms with Crippen LogP contribution in [-0.4, -0.2) is 63.9 Å². The van der Waals surface area contributed by atoms with Crippen molar-refractivity contribution in [2.75, 3.05) is 25.2 Å². The number of amidine groups is 2. The first kappa shape index (κ1) is 20.9. The lowest BCUT2D eigenvalue weighted by molar-refractivity contribution is -0.407. The zero-order chi connectivity index (χ0) is 21.3. The number of nitrogens with one attached hydrogen (secondary N) is 1. The van der Waals surface area contributed by atoms with E-state index in [0.717, 1.165) is 16.2 Å². The largest absolute Gasteiger partial charge is 0.445 e. The third-order valence-electron chi connectivity index (χ3n) is 4.62. The fourth-order valence-corrected chi connectivity index (χ4v) is 3.91. The predicted octanol–water partition coefficient (Wildman–Crippen LogP) is 2.38. The molecule has 3 rings (SSSR count). The van der Waals surface area contributed by atoms with Gasteiger partial charge in [-0.1, -0.05) is 42.7 Å². The second-order valence-electron chi connectivity index (χ2n) is 7.31. The highest BCUT2D eigenvalue weighted by Gasteiger charge is 2.49. The van der Waals surface area contributed by atoms with Crippen molar-refractivity contribution in [3.8, 4) is 0 Å². The van der Waals surface area contributed by atoms with E-state index in [1.165, 1.54) is 23.4 Å². The molecule has 2 aliphatic rings. The van der Waals surface area contributed by atoms with Crippen LogP contribution in [0.15, 0.2) is 34.3 Å². The molecule has 0 aliphatic carbocycles. The summed E-state index contributed by atoms with van der Waals surface area (Å²) in [6, 6.07) is 7.10. The lowest BCUT2D eigenvalue weighted by Crippen LogP contribution is -2.55. The number of carbonyl (C=O) groups excluding carboxylic acids is 3. The van der Waals surface area contributed by atoms with E-state index in [1.807, 2.05) is 45.0 Å². The number of fused-ring (bicyclic) bond motifs is 1. The number of urea groups is 1. The van der Waals surface area contributed by atoms with Crippen molar-refractivity contribution in [1.29, 1.82) is 0 Å². The highest BCUT2D eigenvalue weighted by Crippen LogP contribution is 2.26. The normalized spacial score (nSPS) is 19.2. The van der Waals surface area contributed by atoms with E-state index in [-0.39, 0.29) is 23.5 Å². The maximum absolute atomic E-state index is 12.8. The van der Waals surface area contributed by atoms with Crippen molar-refractivity contribution < 1.29 is 19.0 Å². The number of amides is 4. The first-order valence-corrected chi connectivity index (χ1v) is 10.3. The van der Waals surface area contributed by atoms with Gasteiger partial charge in [0.15, 0.2) is 5.92 Å². The standard InChI is InChI=1S/C20H23N5O3S/c1-11(2)16-22-17-15(19(27)25(5)20(28)24(17)4)18(23-16)29-10-14(26)21-13-8-6-7-12(3)9-13/h6-9,11,15H,10H2,1-5H3/p+1. The van der Waals surface area contributed by atoms with Crippen LogP contribution in [0.5, 0.6) is 0 Å². The van der Waals surface area contributed by atoms with Gasteiger partial charge >= 0.3 is 11.9 Å². The Morgan fingerprint density at radius 1 is 1.31 bits per heavy atom. The van der Waals surface area contributed by atoms with Crippen LogP contribution in [0.1, 0.15) is 19.4 Å². The average molecular weight is 415 g/mol. The summed E-state index contributed by atoms with van der Waals surface area (Å²) < 4.78 is 1.37. The molecule has 9 heteroatoms. The van der Waals surface area contributed by atoms with Gasteiger partial charge in [-0.2, -0.15) is 9.48 Å². The summed E-state index contributed by atoms with van der Waals surface area (Å²) in [6.07, 6.45) is 0. The first-order chi connectivity index (χ1) is 13.7. The molecule has 1 atom stereocenters. The van der Waals surface area contributed by atoms with Gasteiger partial charge in [0, 0.05) is 11.6 Å². The summed E-state index contributed by atoms with van der Waals surface area (Å²) in [6.45, 7) is 5.83. The van der Waals surface area contributed by atoms with E-state index in [0.29, 0.717) is 16.7 Å². The number of imide groups is 1. The molecule has 0 radical (unpaired) electrons. The SMILES string of the molecule is Cc1cccc(NC(=O)CSC2=NC(C(C)C)=NC3=[N+](C)C(=O)N(C)C(=O)C23)c1. The van der Waals surface area contributed by atoms with E-state index < -0.39 is 11.9 Å². The third kappa shape index (κ3) is 4.29. The number of anilines is 1. The zero-order valence-corrected chi connectivity index (χ0v) is 17.9. The minimum absolute atomic E-state index is 0.0124. The number of benzene rings is 1. The number of aliphatic imine (C=N–C) groups is 2. The molecule has 0 saturated carbocycles. The van der Waals surface area contributed by atoms with Crippen LogP contribution in [0.2, 0.25) is 0 Å². The molecule has 0 spiro atoms. The Balaban J connectivity index is 1.83. The third-order valence-corrected chi connectivity index (χ3v) is 5.65. The van der Waals surface area contributed by atoms with Crippen molar-refractivity contribution in [3.05, 3.63) is 29.8 Å². The fraction of sp³-hybridized carbons (Fsp3) is 0.400. The van der Waals surface area contributed by atoms with Crippen molar-refractivity contribution in [3.63, 3.8) is 0 Å². The van der Waals surface area contributed by atoms with Crippen LogP contribution in [0.3, 0.4) is 0 Å². The monoisotopic (exact) mass is 414 g/mol. The van der Waals surface area contributed by atoms with Gasteiger partial charge in [0.05, 0.1) is 19.8 Å². The smallest absolute Gasteiger partial charge is 0.325 e. The molecule has 4 amide bonds. The number of carbonyl (C=O) groups is 3. The predicted molar refractivity (Wildman–Crippen MR) is 115 cm³/mol. The maximum Gasteiger partial charge on any atom is 0.445 e. The van der Waals surface area contributed by atoms with Gasteiger partial charge in [0.1, 0.15) is 5.04 Å². The maximum atomic E-state index is 12.8. The van der Waals surface area contributed by atoms with Crippen molar-refractivity contribution in [2.45, 2.75) is 20.8 Å². The Labute approximate surface area is 173 Å². The van der Waals surface area contributed by atoms with Crippen LogP contribution < -0.4 is 5.32 Å². The molecule has 0 saturated heterocycles. The van der Waals surface area contributed by atoms with Gasteiger partial charge in [0.2, 0.25) is 11.7 Å². The molecular weight excluding hydrogens is 390 g/mol. The van der Waals surface area contributed by atoms with Crippen molar-refractivity contribution >= 4 is 52.0 Å². The number of rotatable bonds is 4. The Kier molecular flexibility index (Phi) is 5.97. The molecule has 0 fully saturated rings. The Morgan fingerprint density at radius 3 is 2.69 bits per heavy atom. The molecule has 2 heterocycles. The summed E-state index contributed by atoms with van der Waals surface area (Å²) in [5, 5.41) is 3.33. The average Bonchev–Trinajstić information content (AvgIpc) is 2.68. The van der Waals surface area contributed by atoms with Crippen LogP contribution >= 0.6 is 11.8 Å². The summed E-state index contributed by atoms with van der Waals surface area (Å²) in [5.41, 5.74) is 1.77. The Morgan fingerprint density at radius 2 is 2.03 bits per heavy atom. The zero-order valence-electron chi connectivity index (χ0n) is 17.1. The molecule has 1 aromatic carbocycles. The minimum Gasteiger partial charge on any atom is -0.325 e. The molecule has 1 unspecified atom stereocenters. The summed E-state index contributed by atoms with van der Waals surface area (Å²) in [7, 11) is 3.03. The van der Waals surface area contributed by atoms with Crippen molar-refractivity contribution in [2.24, 2.45) is 21.8 Å². The molecule has 1 aromatic rings. The second kappa shape index (κ2) is 8.28. The highest BCUT2D eigenvalue weighted by atomic mass is 32.2. The molecule has 1 N–H and O–H groups in total. The van der Waals surface area contributed by atoms with E-state index >= 15 is 0 Å². The van der Waals surface area contributed by atoms with E-state index in [2.05, 4.69) is 15.3 Å². The number of thioether (sulfide) groups is 1. The molecule has 0 bridgehead atoms. The fourth-order valence-electron chi connectivity index (χ4n) is 3.02. The van der Waals surface area contributed by atoms with Crippen LogP contribution in [0.4, 0.5) is 10.5 Å². The lowest BCUT2D eigenvalue weighted by atomic mass is 10.0. The van der Waals surface area contributed by atoms with Gasteiger partial charge in [-0.05, 0) is 24.6 Å². The minimum atomic E-state index is -0.776. The molecule has 8 nitrogen and oxygen atoms in total. The van der Waals surface area contributed by atoms with Crippen LogP contribution in [0.25, 0.3) is 0 Å². The van der Waals surface area contributed by atoms with Gasteiger partial charge in [-0.25, -0.2) is 9.79 Å². The Bertz CT molecular complexity index is 980. The quantitative estimate of drug-likeness (QED) is 0.766. The number of nitrogens with zero attached hydrogens (tertiary/aromatic N) is 4. The summed E-state index contributed by atoms with van der Waals surface area (Å²) >= 11 is 1.20. The van der Waals surface area contributed by atoms with E-state index in [1.54, 1.807) is 7.05 Å². The van der Waals surface area contributed by atoms with Gasteiger partial charge < -0.3 is 5.32 Å². The van der Waals surface area contributed by atoms with Gasteiger partial charge in [0.25, 0.3) is 5.84 Å². The molecule has 0 aromatic heterocycles. The van der Waals surface area contributed by atoms with Crippen molar-refractivity contribution in [1.82, 2.24) is 4.90 Å². The summed E-state index contributed by atoms with van der Waals surface area (Å²) in [5.74, 6) is -0.357. The first-order valence-electron chi connectivity index (χ1n) is 9.27. The van der Waals surface area contributed by atoms with E-state index in [4.69, 9.17) is 0 Å². The van der Waals surface area contributed by atoms with E-state index in [9.17, 15) is 14.4 Å². The number of aryl methyl sites for hydroxylation is 1. The highest BCUT2D eigenvalue weighted by molar-refractivity contribution is 8.14. The van der Waals surface area contributed by atoms with Crippen LogP contribution in [-0.2, 0) is 9.59 Å². The summed E-state index contributed by atoms with van der Waals surface area (Å²) in [4.78, 5) is 47.6. The van der Waals surface area contributed by atoms with Crippen LogP contribution in [0, 0.1) is 18.8 Å². The molecule has 2 aliphatic heterocycles. The molecule has 152 valence electrons.